The fourth-order valence-corrected chi connectivity index (χ4v) is 1.65. The summed E-state index contributed by atoms with van der Waals surface area (Å²) in [7, 11) is 0. The molecule has 0 aromatic heterocycles. The van der Waals surface area contributed by atoms with Crippen LogP contribution in [0.2, 0.25) is 0 Å². The Balaban J connectivity index is 2.40. The van der Waals surface area contributed by atoms with Gasteiger partial charge in [-0.05, 0) is 6.92 Å². The predicted molar refractivity (Wildman–Crippen MR) is 36.0 cm³/mol. The summed E-state index contributed by atoms with van der Waals surface area (Å²) in [5, 5.41) is 2.59. The molecule has 0 radical (unpaired) electrons. The Morgan fingerprint density at radius 2 is 2.67 bits per heavy atom. The Labute approximate surface area is 58.1 Å². The molecule has 1 aliphatic heterocycles. The van der Waals surface area contributed by atoms with Crippen LogP contribution in [0.25, 0.3) is 0 Å². The molecule has 1 unspecified atom stereocenters. The molecule has 1 heterocycles. The van der Waals surface area contributed by atoms with E-state index in [1.807, 2.05) is 6.92 Å². The highest BCUT2D eigenvalue weighted by atomic mass is 32.2. The van der Waals surface area contributed by atoms with Gasteiger partial charge in [0.2, 0.25) is 5.06 Å². The van der Waals surface area contributed by atoms with Gasteiger partial charge in [-0.2, -0.15) is 0 Å². The standard InChI is InChI=1S/C5H9NO2S/c1-5(8-4-7)6-2-3-9-5/h4,6H,2-3H2,1H3. The molecule has 1 fully saturated rings. The Morgan fingerprint density at radius 3 is 3.11 bits per heavy atom. The van der Waals surface area contributed by atoms with Crippen LogP contribution < -0.4 is 5.32 Å². The van der Waals surface area contributed by atoms with Gasteiger partial charge in [-0.3, -0.25) is 10.1 Å². The molecule has 9 heavy (non-hydrogen) atoms. The van der Waals surface area contributed by atoms with E-state index in [1.54, 1.807) is 11.8 Å². The molecule has 4 heteroatoms. The number of hydrogen-bond acceptors (Lipinski definition) is 4. The van der Waals surface area contributed by atoms with Crippen molar-refractivity contribution < 1.29 is 9.53 Å². The van der Waals surface area contributed by atoms with Crippen LogP contribution >= 0.6 is 11.8 Å². The molecule has 0 aliphatic carbocycles. The minimum Gasteiger partial charge on any atom is -0.437 e. The highest BCUT2D eigenvalue weighted by Gasteiger charge is 2.29. The molecule has 0 amide bonds. The first-order valence-electron chi connectivity index (χ1n) is 2.77. The molecule has 1 atom stereocenters. The zero-order chi connectivity index (χ0) is 6.74. The minimum absolute atomic E-state index is 0.457. The van der Waals surface area contributed by atoms with Crippen LogP contribution in [0.3, 0.4) is 0 Å². The van der Waals surface area contributed by atoms with E-state index in [9.17, 15) is 4.79 Å². The largest absolute Gasteiger partial charge is 0.437 e. The first-order chi connectivity index (χ1) is 4.27. The third-order valence-electron chi connectivity index (χ3n) is 1.20. The quantitative estimate of drug-likeness (QED) is 0.565. The highest BCUT2D eigenvalue weighted by Crippen LogP contribution is 2.26. The van der Waals surface area contributed by atoms with Crippen LogP contribution in [0.15, 0.2) is 0 Å². The van der Waals surface area contributed by atoms with Crippen LogP contribution in [0.4, 0.5) is 0 Å². The van der Waals surface area contributed by atoms with Crippen LogP contribution in [-0.4, -0.2) is 23.8 Å². The van der Waals surface area contributed by atoms with Crippen molar-refractivity contribution in [2.75, 3.05) is 12.3 Å². The Bertz CT molecular complexity index is 112. The second-order valence-electron chi connectivity index (χ2n) is 1.94. The van der Waals surface area contributed by atoms with E-state index in [0.717, 1.165) is 12.3 Å². The molecule has 1 aliphatic rings. The van der Waals surface area contributed by atoms with Crippen molar-refractivity contribution >= 4 is 18.2 Å². The fraction of sp³-hybridized carbons (Fsp3) is 0.800. The molecule has 0 spiro atoms. The summed E-state index contributed by atoms with van der Waals surface area (Å²) in [6, 6.07) is 0. The smallest absolute Gasteiger partial charge is 0.295 e. The third kappa shape index (κ3) is 1.59. The highest BCUT2D eigenvalue weighted by molar-refractivity contribution is 8.00. The second kappa shape index (κ2) is 2.58. The summed E-state index contributed by atoms with van der Waals surface area (Å²) >= 11 is 1.60. The molecular weight excluding hydrogens is 138 g/mol. The van der Waals surface area contributed by atoms with Gasteiger partial charge in [-0.25, -0.2) is 0 Å². The summed E-state index contributed by atoms with van der Waals surface area (Å²) < 4.78 is 4.76. The van der Waals surface area contributed by atoms with Gasteiger partial charge in [0.1, 0.15) is 0 Å². The average molecular weight is 147 g/mol. The minimum atomic E-state index is -0.457. The SMILES string of the molecule is CC1(OC=O)NCCS1. The topological polar surface area (TPSA) is 38.3 Å². The van der Waals surface area contributed by atoms with Crippen molar-refractivity contribution in [1.82, 2.24) is 5.32 Å². The molecule has 0 saturated carbocycles. The zero-order valence-corrected chi connectivity index (χ0v) is 6.03. The van der Waals surface area contributed by atoms with Gasteiger partial charge in [0.15, 0.2) is 0 Å². The van der Waals surface area contributed by atoms with Crippen molar-refractivity contribution in [3.05, 3.63) is 0 Å². The molecule has 0 aromatic rings. The normalized spacial score (nSPS) is 34.3. The van der Waals surface area contributed by atoms with Crippen molar-refractivity contribution in [1.29, 1.82) is 0 Å². The monoisotopic (exact) mass is 147 g/mol. The van der Waals surface area contributed by atoms with Gasteiger partial charge in [-0.1, -0.05) is 11.8 Å². The fourth-order valence-electron chi connectivity index (χ4n) is 0.742. The maximum absolute atomic E-state index is 9.89. The first kappa shape index (κ1) is 6.89. The summed E-state index contributed by atoms with van der Waals surface area (Å²) in [6.45, 7) is 3.24. The van der Waals surface area contributed by atoms with E-state index >= 15 is 0 Å². The lowest BCUT2D eigenvalue weighted by molar-refractivity contribution is -0.136. The van der Waals surface area contributed by atoms with Gasteiger partial charge in [0.05, 0.1) is 0 Å². The molecule has 1 saturated heterocycles. The van der Waals surface area contributed by atoms with Gasteiger partial charge in [0.25, 0.3) is 6.47 Å². The van der Waals surface area contributed by atoms with Gasteiger partial charge < -0.3 is 4.74 Å². The van der Waals surface area contributed by atoms with Crippen molar-refractivity contribution in [2.45, 2.75) is 12.0 Å². The van der Waals surface area contributed by atoms with Gasteiger partial charge >= 0.3 is 0 Å². The lowest BCUT2D eigenvalue weighted by Crippen LogP contribution is -2.36. The van der Waals surface area contributed by atoms with E-state index in [0.29, 0.717) is 6.47 Å². The van der Waals surface area contributed by atoms with Crippen LogP contribution in [0.1, 0.15) is 6.92 Å². The number of carbonyl (C=O) groups is 1. The van der Waals surface area contributed by atoms with Gasteiger partial charge in [-0.15, -0.1) is 0 Å². The molecule has 1 N–H and O–H groups in total. The lowest BCUT2D eigenvalue weighted by Gasteiger charge is -2.19. The molecule has 0 bridgehead atoms. The van der Waals surface area contributed by atoms with Crippen molar-refractivity contribution in [3.63, 3.8) is 0 Å². The molecular formula is C5H9NO2S. The van der Waals surface area contributed by atoms with Gasteiger partial charge in [0, 0.05) is 12.3 Å². The molecule has 1 rings (SSSR count). The summed E-state index contributed by atoms with van der Waals surface area (Å²) in [5.41, 5.74) is 0. The number of nitrogens with one attached hydrogen (secondary N) is 1. The third-order valence-corrected chi connectivity index (χ3v) is 2.40. The summed E-state index contributed by atoms with van der Waals surface area (Å²) in [5.74, 6) is 1.00. The summed E-state index contributed by atoms with van der Waals surface area (Å²) in [6.07, 6.45) is 0. The van der Waals surface area contributed by atoms with Crippen molar-refractivity contribution in [3.8, 4) is 0 Å². The molecule has 3 nitrogen and oxygen atoms in total. The average Bonchev–Trinajstić information content (AvgIpc) is 2.16. The Kier molecular flexibility index (Phi) is 1.97. The zero-order valence-electron chi connectivity index (χ0n) is 5.22. The lowest BCUT2D eigenvalue weighted by atomic mass is 10.6. The first-order valence-corrected chi connectivity index (χ1v) is 3.76. The number of carbonyl (C=O) groups excluding carboxylic acids is 1. The van der Waals surface area contributed by atoms with E-state index in [2.05, 4.69) is 5.32 Å². The number of thioether (sulfide) groups is 1. The number of hydrogen-bond donors (Lipinski definition) is 1. The molecule has 0 aromatic carbocycles. The second-order valence-corrected chi connectivity index (χ2v) is 3.41. The van der Waals surface area contributed by atoms with Crippen molar-refractivity contribution in [2.24, 2.45) is 0 Å². The van der Waals surface area contributed by atoms with E-state index in [4.69, 9.17) is 4.74 Å². The summed E-state index contributed by atoms with van der Waals surface area (Å²) in [4.78, 5) is 9.89. The van der Waals surface area contributed by atoms with Crippen LogP contribution in [0.5, 0.6) is 0 Å². The van der Waals surface area contributed by atoms with Crippen LogP contribution in [-0.2, 0) is 9.53 Å². The Morgan fingerprint density at radius 1 is 1.89 bits per heavy atom. The number of ether oxygens (including phenoxy) is 1. The number of rotatable bonds is 2. The van der Waals surface area contributed by atoms with E-state index in [1.165, 1.54) is 0 Å². The Hall–Kier alpha value is -0.220. The molecule has 52 valence electrons. The maximum atomic E-state index is 9.89. The van der Waals surface area contributed by atoms with Crippen LogP contribution in [0, 0.1) is 0 Å². The van der Waals surface area contributed by atoms with E-state index in [-0.39, 0.29) is 0 Å². The maximum Gasteiger partial charge on any atom is 0.295 e. The van der Waals surface area contributed by atoms with E-state index < -0.39 is 5.06 Å². The predicted octanol–water partition coefficient (Wildman–Crippen LogP) is 0.169.